The lowest BCUT2D eigenvalue weighted by atomic mass is 10.0. The van der Waals surface area contributed by atoms with E-state index in [9.17, 15) is 9.59 Å². The van der Waals surface area contributed by atoms with Crippen molar-refractivity contribution in [2.45, 2.75) is 18.5 Å². The minimum Gasteiger partial charge on any atom is -0.364 e. The van der Waals surface area contributed by atoms with E-state index in [2.05, 4.69) is 26.1 Å². The van der Waals surface area contributed by atoms with Crippen molar-refractivity contribution >= 4 is 28.3 Å². The first kappa shape index (κ1) is 17.4. The number of hydrazine groups is 1. The Kier molecular flexibility index (Phi) is 4.71. The van der Waals surface area contributed by atoms with E-state index in [1.54, 1.807) is 12.3 Å². The molecule has 27 heavy (non-hydrogen) atoms. The van der Waals surface area contributed by atoms with Gasteiger partial charge in [-0.15, -0.1) is 11.3 Å². The Morgan fingerprint density at radius 2 is 2.04 bits per heavy atom. The molecule has 1 aliphatic rings. The third-order valence-corrected chi connectivity index (χ3v) is 5.16. The van der Waals surface area contributed by atoms with E-state index in [4.69, 9.17) is 5.73 Å². The summed E-state index contributed by atoms with van der Waals surface area (Å²) in [5.74, 6) is -0.675. The molecule has 1 fully saturated rings. The number of carbonyl (C=O) groups excluding carboxylic acids is 2. The summed E-state index contributed by atoms with van der Waals surface area (Å²) in [6, 6.07) is 11.4. The van der Waals surface area contributed by atoms with E-state index in [-0.39, 0.29) is 18.0 Å². The van der Waals surface area contributed by atoms with Crippen LogP contribution in [0.4, 0.5) is 5.13 Å². The molecule has 9 heteroatoms. The van der Waals surface area contributed by atoms with Crippen molar-refractivity contribution in [2.75, 3.05) is 5.32 Å². The summed E-state index contributed by atoms with van der Waals surface area (Å²) in [4.78, 5) is 30.9. The van der Waals surface area contributed by atoms with Crippen molar-refractivity contribution in [2.24, 2.45) is 5.73 Å². The molecule has 8 nitrogen and oxygen atoms in total. The predicted molar refractivity (Wildman–Crippen MR) is 103 cm³/mol. The average molecular weight is 382 g/mol. The Morgan fingerprint density at radius 1 is 1.22 bits per heavy atom. The minimum atomic E-state index is -0.530. The van der Waals surface area contributed by atoms with E-state index >= 15 is 0 Å². The maximum absolute atomic E-state index is 12.5. The molecule has 2 atom stereocenters. The van der Waals surface area contributed by atoms with Gasteiger partial charge < -0.3 is 16.0 Å². The van der Waals surface area contributed by atoms with Crippen LogP contribution < -0.4 is 21.9 Å². The van der Waals surface area contributed by atoms with Crippen LogP contribution in [-0.2, 0) is 4.79 Å². The van der Waals surface area contributed by atoms with Crippen molar-refractivity contribution in [3.63, 3.8) is 0 Å². The normalized spacial score (nSPS) is 19.1. The lowest BCUT2D eigenvalue weighted by molar-refractivity contribution is -0.117. The number of nitrogens with zero attached hydrogens (tertiary/aromatic N) is 1. The molecule has 0 radical (unpaired) electrons. The number of thiazole rings is 1. The summed E-state index contributed by atoms with van der Waals surface area (Å²) in [7, 11) is 0. The van der Waals surface area contributed by atoms with E-state index < -0.39 is 5.91 Å². The highest BCUT2D eigenvalue weighted by molar-refractivity contribution is 7.14. The van der Waals surface area contributed by atoms with Gasteiger partial charge in [0.1, 0.15) is 11.7 Å². The van der Waals surface area contributed by atoms with Crippen LogP contribution in [0.25, 0.3) is 11.3 Å². The second-order valence-electron chi connectivity index (χ2n) is 6.23. The molecule has 3 aromatic rings. The highest BCUT2D eigenvalue weighted by Crippen LogP contribution is 2.27. The number of anilines is 1. The first-order chi connectivity index (χ1) is 13.1. The SMILES string of the molecule is NC(=O)c1cc(-c2csc(NC(=O)C3CC(c4ccccc4)NN3)n2)c[nH]1. The largest absolute Gasteiger partial charge is 0.364 e. The van der Waals surface area contributed by atoms with Crippen LogP contribution in [0.2, 0.25) is 0 Å². The highest BCUT2D eigenvalue weighted by atomic mass is 32.1. The number of nitrogens with two attached hydrogens (primary N) is 1. The number of aromatic nitrogens is 2. The highest BCUT2D eigenvalue weighted by Gasteiger charge is 2.30. The van der Waals surface area contributed by atoms with Crippen LogP contribution in [0.15, 0.2) is 48.0 Å². The fourth-order valence-corrected chi connectivity index (χ4v) is 3.70. The second kappa shape index (κ2) is 7.31. The van der Waals surface area contributed by atoms with Gasteiger partial charge in [-0.25, -0.2) is 15.8 Å². The molecule has 2 unspecified atom stereocenters. The van der Waals surface area contributed by atoms with Crippen molar-refractivity contribution in [1.29, 1.82) is 0 Å². The van der Waals surface area contributed by atoms with Gasteiger partial charge in [-0.1, -0.05) is 30.3 Å². The van der Waals surface area contributed by atoms with Gasteiger partial charge in [-0.3, -0.25) is 9.59 Å². The van der Waals surface area contributed by atoms with Gasteiger partial charge in [0.2, 0.25) is 5.91 Å². The van der Waals surface area contributed by atoms with E-state index in [1.807, 2.05) is 35.7 Å². The summed E-state index contributed by atoms with van der Waals surface area (Å²) < 4.78 is 0. The predicted octanol–water partition coefficient (Wildman–Crippen LogP) is 1.78. The van der Waals surface area contributed by atoms with E-state index in [0.29, 0.717) is 22.9 Å². The summed E-state index contributed by atoms with van der Waals surface area (Å²) in [5, 5.41) is 5.16. The average Bonchev–Trinajstić information content (AvgIpc) is 3.42. The fraction of sp³-hybridized carbons (Fsp3) is 0.167. The number of H-pyrrole nitrogens is 1. The number of primary amides is 1. The summed E-state index contributed by atoms with van der Waals surface area (Å²) in [5.41, 5.74) is 14.3. The van der Waals surface area contributed by atoms with Crippen LogP contribution in [0.3, 0.4) is 0 Å². The third-order valence-electron chi connectivity index (χ3n) is 4.40. The monoisotopic (exact) mass is 382 g/mol. The zero-order valence-electron chi connectivity index (χ0n) is 14.2. The van der Waals surface area contributed by atoms with Crippen LogP contribution in [0, 0.1) is 0 Å². The third kappa shape index (κ3) is 3.75. The number of hydrogen-bond donors (Lipinski definition) is 5. The number of amides is 2. The van der Waals surface area contributed by atoms with Crippen LogP contribution in [0.1, 0.15) is 28.5 Å². The van der Waals surface area contributed by atoms with Crippen molar-refractivity contribution in [1.82, 2.24) is 20.8 Å². The number of nitrogens with one attached hydrogen (secondary N) is 4. The Bertz CT molecular complexity index is 967. The Labute approximate surface area is 159 Å². The van der Waals surface area contributed by atoms with Gasteiger partial charge in [-0.05, 0) is 18.1 Å². The fourth-order valence-electron chi connectivity index (χ4n) is 2.97. The molecule has 3 heterocycles. The van der Waals surface area contributed by atoms with Crippen LogP contribution >= 0.6 is 11.3 Å². The first-order valence-corrected chi connectivity index (χ1v) is 9.29. The molecule has 4 rings (SSSR count). The lowest BCUT2D eigenvalue weighted by Crippen LogP contribution is -2.39. The Morgan fingerprint density at radius 3 is 2.78 bits per heavy atom. The maximum Gasteiger partial charge on any atom is 0.265 e. The molecule has 2 aromatic heterocycles. The molecular weight excluding hydrogens is 364 g/mol. The number of benzene rings is 1. The number of aromatic amines is 1. The maximum atomic E-state index is 12.5. The van der Waals surface area contributed by atoms with Crippen molar-refractivity contribution in [3.05, 3.63) is 59.2 Å². The smallest absolute Gasteiger partial charge is 0.265 e. The molecule has 0 aliphatic carbocycles. The molecular formula is C18H18N6O2S. The molecule has 1 saturated heterocycles. The van der Waals surface area contributed by atoms with Gasteiger partial charge in [0.15, 0.2) is 5.13 Å². The number of hydrogen-bond acceptors (Lipinski definition) is 6. The standard InChI is InChI=1S/C18H18N6O2S/c19-16(25)13-6-11(8-20-13)15-9-27-18(21-15)22-17(26)14-7-12(23-24-14)10-4-2-1-3-5-10/h1-6,8-9,12,14,20,23-24H,7H2,(H2,19,25)(H,21,22,26). The summed E-state index contributed by atoms with van der Waals surface area (Å²) in [6.07, 6.45) is 2.31. The molecule has 2 amide bonds. The van der Waals surface area contributed by atoms with Crippen molar-refractivity contribution < 1.29 is 9.59 Å². The molecule has 6 N–H and O–H groups in total. The van der Waals surface area contributed by atoms with E-state index in [0.717, 1.165) is 11.1 Å². The number of carbonyl (C=O) groups is 2. The van der Waals surface area contributed by atoms with Crippen molar-refractivity contribution in [3.8, 4) is 11.3 Å². The first-order valence-electron chi connectivity index (χ1n) is 8.41. The van der Waals surface area contributed by atoms with Gasteiger partial charge >= 0.3 is 0 Å². The molecule has 1 aliphatic heterocycles. The summed E-state index contributed by atoms with van der Waals surface area (Å²) in [6.45, 7) is 0. The zero-order valence-corrected chi connectivity index (χ0v) is 15.0. The van der Waals surface area contributed by atoms with Gasteiger partial charge in [0.25, 0.3) is 5.91 Å². The van der Waals surface area contributed by atoms with Gasteiger partial charge in [0, 0.05) is 23.2 Å². The number of rotatable bonds is 5. The zero-order chi connectivity index (χ0) is 18.8. The van der Waals surface area contributed by atoms with Gasteiger partial charge in [0.05, 0.1) is 5.69 Å². The molecule has 1 aromatic carbocycles. The topological polar surface area (TPSA) is 125 Å². The minimum absolute atomic E-state index is 0.0842. The van der Waals surface area contributed by atoms with Crippen LogP contribution in [-0.4, -0.2) is 27.8 Å². The quantitative estimate of drug-likeness (QED) is 0.460. The summed E-state index contributed by atoms with van der Waals surface area (Å²) >= 11 is 1.33. The molecule has 0 bridgehead atoms. The molecule has 0 saturated carbocycles. The Balaban J connectivity index is 1.39. The second-order valence-corrected chi connectivity index (χ2v) is 7.09. The Hall–Kier alpha value is -3.01. The lowest BCUT2D eigenvalue weighted by Gasteiger charge is -2.09. The van der Waals surface area contributed by atoms with Gasteiger partial charge in [-0.2, -0.15) is 0 Å². The molecule has 138 valence electrons. The van der Waals surface area contributed by atoms with E-state index in [1.165, 1.54) is 11.3 Å². The van der Waals surface area contributed by atoms with Crippen LogP contribution in [0.5, 0.6) is 0 Å². The molecule has 0 spiro atoms.